The van der Waals surface area contributed by atoms with Gasteiger partial charge in [-0.1, -0.05) is 29.8 Å². The van der Waals surface area contributed by atoms with Gasteiger partial charge in [0.15, 0.2) is 5.96 Å². The van der Waals surface area contributed by atoms with Crippen LogP contribution in [0.5, 0.6) is 0 Å². The van der Waals surface area contributed by atoms with Crippen LogP contribution in [0.1, 0.15) is 30.9 Å². The summed E-state index contributed by atoms with van der Waals surface area (Å²) in [5, 5.41) is 6.73. The lowest BCUT2D eigenvalue weighted by molar-refractivity contribution is 0.817. The molecule has 0 heterocycles. The first-order chi connectivity index (χ1) is 9.78. The highest BCUT2D eigenvalue weighted by Crippen LogP contribution is 2.18. The minimum Gasteiger partial charge on any atom is -0.357 e. The Labute approximate surface area is 126 Å². The summed E-state index contributed by atoms with van der Waals surface area (Å²) in [5.41, 5.74) is 2.72. The van der Waals surface area contributed by atoms with E-state index in [-0.39, 0.29) is 0 Å². The first-order valence-electron chi connectivity index (χ1n) is 7.46. The summed E-state index contributed by atoms with van der Waals surface area (Å²) in [6.45, 7) is 6.03. The van der Waals surface area contributed by atoms with Crippen molar-refractivity contribution in [2.24, 2.45) is 4.99 Å². The Morgan fingerprint density at radius 1 is 1.30 bits per heavy atom. The van der Waals surface area contributed by atoms with Gasteiger partial charge in [-0.3, -0.25) is 4.99 Å². The number of guanidine groups is 1. The minimum atomic E-state index is 0.660. The molecule has 1 aliphatic rings. The van der Waals surface area contributed by atoms with Crippen molar-refractivity contribution in [1.82, 2.24) is 10.6 Å². The molecule has 20 heavy (non-hydrogen) atoms. The maximum Gasteiger partial charge on any atom is 0.191 e. The van der Waals surface area contributed by atoms with E-state index in [9.17, 15) is 0 Å². The van der Waals surface area contributed by atoms with Crippen molar-refractivity contribution in [3.63, 3.8) is 0 Å². The van der Waals surface area contributed by atoms with Crippen LogP contribution in [0.2, 0.25) is 0 Å². The molecule has 1 aliphatic carbocycles. The van der Waals surface area contributed by atoms with Gasteiger partial charge < -0.3 is 10.6 Å². The largest absolute Gasteiger partial charge is 0.357 e. The van der Waals surface area contributed by atoms with E-state index >= 15 is 0 Å². The Morgan fingerprint density at radius 2 is 2.05 bits per heavy atom. The number of nitrogens with zero attached hydrogens (tertiary/aromatic N) is 1. The molecule has 1 aromatic carbocycles. The third kappa shape index (κ3) is 5.87. The molecule has 110 valence electrons. The van der Waals surface area contributed by atoms with Crippen molar-refractivity contribution in [2.75, 3.05) is 18.8 Å². The fourth-order valence-corrected chi connectivity index (χ4v) is 2.63. The van der Waals surface area contributed by atoms with Gasteiger partial charge in [0.05, 0.1) is 6.54 Å². The molecule has 0 unspecified atom stereocenters. The van der Waals surface area contributed by atoms with Crippen molar-refractivity contribution in [3.05, 3.63) is 35.4 Å². The fraction of sp³-hybridized carbons (Fsp3) is 0.562. The first-order valence-corrected chi connectivity index (χ1v) is 8.61. The summed E-state index contributed by atoms with van der Waals surface area (Å²) in [6.07, 6.45) is 2.57. The van der Waals surface area contributed by atoms with Gasteiger partial charge in [0.25, 0.3) is 0 Å². The highest BCUT2D eigenvalue weighted by molar-refractivity contribution is 7.98. The quantitative estimate of drug-likeness (QED) is 0.461. The standard InChI is InChI=1S/C16H25N3S/c1-3-17-16(19-15-8-9-15)18-10-11-20-12-14-6-4-13(2)5-7-14/h4-7,15H,3,8-12H2,1-2H3,(H2,17,18,19). The average molecular weight is 291 g/mol. The summed E-state index contributed by atoms with van der Waals surface area (Å²) in [6, 6.07) is 9.44. The molecule has 1 aromatic rings. The lowest BCUT2D eigenvalue weighted by Gasteiger charge is -2.09. The molecule has 1 saturated carbocycles. The first kappa shape index (κ1) is 15.2. The van der Waals surface area contributed by atoms with E-state index < -0.39 is 0 Å². The van der Waals surface area contributed by atoms with Gasteiger partial charge in [0.2, 0.25) is 0 Å². The predicted molar refractivity (Wildman–Crippen MR) is 89.5 cm³/mol. The van der Waals surface area contributed by atoms with Crippen LogP contribution in [0.25, 0.3) is 0 Å². The maximum atomic E-state index is 4.61. The number of aliphatic imine (C=N–C) groups is 1. The Kier molecular flexibility index (Phi) is 6.25. The second-order valence-electron chi connectivity index (χ2n) is 5.22. The summed E-state index contributed by atoms with van der Waals surface area (Å²) in [4.78, 5) is 4.61. The number of hydrogen-bond donors (Lipinski definition) is 2. The zero-order chi connectivity index (χ0) is 14.2. The van der Waals surface area contributed by atoms with Gasteiger partial charge in [0.1, 0.15) is 0 Å². The second kappa shape index (κ2) is 8.20. The Hall–Kier alpha value is -1.16. The van der Waals surface area contributed by atoms with Crippen molar-refractivity contribution in [2.45, 2.75) is 38.5 Å². The summed E-state index contributed by atoms with van der Waals surface area (Å²) < 4.78 is 0. The summed E-state index contributed by atoms with van der Waals surface area (Å²) >= 11 is 1.94. The third-order valence-electron chi connectivity index (χ3n) is 3.16. The molecular formula is C16H25N3S. The number of thioether (sulfide) groups is 1. The number of hydrogen-bond acceptors (Lipinski definition) is 2. The second-order valence-corrected chi connectivity index (χ2v) is 6.32. The van der Waals surface area contributed by atoms with Gasteiger partial charge >= 0.3 is 0 Å². The molecule has 0 amide bonds. The molecule has 0 aromatic heterocycles. The van der Waals surface area contributed by atoms with Crippen LogP contribution in [0.4, 0.5) is 0 Å². The van der Waals surface area contributed by atoms with Crippen LogP contribution < -0.4 is 10.6 Å². The molecule has 0 saturated heterocycles. The van der Waals surface area contributed by atoms with Gasteiger partial charge in [-0.15, -0.1) is 0 Å². The molecular weight excluding hydrogens is 266 g/mol. The highest BCUT2D eigenvalue weighted by Gasteiger charge is 2.21. The van der Waals surface area contributed by atoms with Crippen LogP contribution in [0, 0.1) is 6.92 Å². The topological polar surface area (TPSA) is 36.4 Å². The lowest BCUT2D eigenvalue weighted by Crippen LogP contribution is -2.38. The van der Waals surface area contributed by atoms with E-state index in [1.165, 1.54) is 24.0 Å². The van der Waals surface area contributed by atoms with Crippen molar-refractivity contribution in [3.8, 4) is 0 Å². The SMILES string of the molecule is CCNC(=NCCSCc1ccc(C)cc1)NC1CC1. The number of aryl methyl sites for hydroxylation is 1. The van der Waals surface area contributed by atoms with E-state index in [1.54, 1.807) is 0 Å². The van der Waals surface area contributed by atoms with Crippen LogP contribution in [0.15, 0.2) is 29.3 Å². The van der Waals surface area contributed by atoms with Crippen molar-refractivity contribution >= 4 is 17.7 Å². The molecule has 1 fully saturated rings. The van der Waals surface area contributed by atoms with Crippen LogP contribution in [-0.4, -0.2) is 30.8 Å². The zero-order valence-electron chi connectivity index (χ0n) is 12.5. The Bertz CT molecular complexity index is 424. The monoisotopic (exact) mass is 291 g/mol. The molecule has 0 aliphatic heterocycles. The lowest BCUT2D eigenvalue weighted by atomic mass is 10.2. The Balaban J connectivity index is 1.64. The molecule has 0 atom stereocenters. The normalized spacial score (nSPS) is 15.2. The summed E-state index contributed by atoms with van der Waals surface area (Å²) in [7, 11) is 0. The van der Waals surface area contributed by atoms with Crippen LogP contribution in [0.3, 0.4) is 0 Å². The van der Waals surface area contributed by atoms with E-state index in [0.29, 0.717) is 6.04 Å². The molecule has 0 radical (unpaired) electrons. The van der Waals surface area contributed by atoms with E-state index in [1.807, 2.05) is 11.8 Å². The highest BCUT2D eigenvalue weighted by atomic mass is 32.2. The van der Waals surface area contributed by atoms with Crippen LogP contribution in [-0.2, 0) is 5.75 Å². The van der Waals surface area contributed by atoms with Crippen molar-refractivity contribution < 1.29 is 0 Å². The van der Waals surface area contributed by atoms with E-state index in [2.05, 4.69) is 53.7 Å². The van der Waals surface area contributed by atoms with Crippen molar-refractivity contribution in [1.29, 1.82) is 0 Å². The molecule has 3 nitrogen and oxygen atoms in total. The third-order valence-corrected chi connectivity index (χ3v) is 4.17. The molecule has 2 N–H and O–H groups in total. The van der Waals surface area contributed by atoms with Gasteiger partial charge in [-0.05, 0) is 32.3 Å². The predicted octanol–water partition coefficient (Wildman–Crippen LogP) is 2.95. The number of nitrogens with one attached hydrogen (secondary N) is 2. The molecule has 0 spiro atoms. The maximum absolute atomic E-state index is 4.61. The molecule has 4 heteroatoms. The van der Waals surface area contributed by atoms with Gasteiger partial charge in [-0.2, -0.15) is 11.8 Å². The Morgan fingerprint density at radius 3 is 2.70 bits per heavy atom. The number of rotatable bonds is 7. The zero-order valence-corrected chi connectivity index (χ0v) is 13.3. The van der Waals surface area contributed by atoms with E-state index in [4.69, 9.17) is 0 Å². The summed E-state index contributed by atoms with van der Waals surface area (Å²) in [5.74, 6) is 3.11. The average Bonchev–Trinajstić information content (AvgIpc) is 3.24. The van der Waals surface area contributed by atoms with Gasteiger partial charge in [0, 0.05) is 24.1 Å². The smallest absolute Gasteiger partial charge is 0.191 e. The van der Waals surface area contributed by atoms with Crippen LogP contribution >= 0.6 is 11.8 Å². The van der Waals surface area contributed by atoms with E-state index in [0.717, 1.165) is 30.6 Å². The number of benzene rings is 1. The molecule has 2 rings (SSSR count). The fourth-order valence-electron chi connectivity index (χ4n) is 1.84. The van der Waals surface area contributed by atoms with Gasteiger partial charge in [-0.25, -0.2) is 0 Å². The molecule has 0 bridgehead atoms. The minimum absolute atomic E-state index is 0.660.